The highest BCUT2D eigenvalue weighted by molar-refractivity contribution is 9.10. The Labute approximate surface area is 180 Å². The highest BCUT2D eigenvalue weighted by atomic mass is 79.9. The molecular weight excluding hydrogens is 424 g/mol. The van der Waals surface area contributed by atoms with Crippen molar-refractivity contribution in [1.29, 1.82) is 0 Å². The number of aromatic nitrogens is 2. The van der Waals surface area contributed by atoms with E-state index in [1.54, 1.807) is 0 Å². The number of halogens is 1. The van der Waals surface area contributed by atoms with Crippen LogP contribution in [0.1, 0.15) is 30.9 Å². The Morgan fingerprint density at radius 1 is 1.00 bits per heavy atom. The van der Waals surface area contributed by atoms with E-state index in [2.05, 4.69) is 102 Å². The van der Waals surface area contributed by atoms with Crippen LogP contribution in [0, 0.1) is 6.92 Å². The van der Waals surface area contributed by atoms with Crippen LogP contribution in [0.4, 0.5) is 0 Å². The Morgan fingerprint density at radius 3 is 2.52 bits per heavy atom. The molecule has 29 heavy (non-hydrogen) atoms. The van der Waals surface area contributed by atoms with E-state index in [0.717, 1.165) is 39.2 Å². The van der Waals surface area contributed by atoms with Gasteiger partial charge in [0.25, 0.3) is 0 Å². The molecule has 0 fully saturated rings. The summed E-state index contributed by atoms with van der Waals surface area (Å²) >= 11 is 3.52. The molecule has 4 rings (SSSR count). The van der Waals surface area contributed by atoms with E-state index >= 15 is 0 Å². The SMILES string of the molecule is Cc1ccc(C(C)C)c(OCCn2c(-c3ccc(Br)cc3)nc3ccccc32)c1. The number of fused-ring (bicyclic) bond motifs is 1. The number of para-hydroxylation sites is 2. The van der Waals surface area contributed by atoms with Crippen molar-refractivity contribution in [3.8, 4) is 17.1 Å². The summed E-state index contributed by atoms with van der Waals surface area (Å²) in [5.74, 6) is 2.38. The van der Waals surface area contributed by atoms with Crippen LogP contribution in [0.25, 0.3) is 22.4 Å². The third-order valence-corrected chi connectivity index (χ3v) is 5.65. The molecule has 3 nitrogen and oxygen atoms in total. The van der Waals surface area contributed by atoms with Gasteiger partial charge in [0.15, 0.2) is 0 Å². The number of imidazole rings is 1. The molecule has 0 radical (unpaired) electrons. The summed E-state index contributed by atoms with van der Waals surface area (Å²) in [6.07, 6.45) is 0. The summed E-state index contributed by atoms with van der Waals surface area (Å²) < 4.78 is 9.57. The van der Waals surface area contributed by atoms with Gasteiger partial charge in [0, 0.05) is 10.0 Å². The van der Waals surface area contributed by atoms with Crippen LogP contribution in [0.2, 0.25) is 0 Å². The van der Waals surface area contributed by atoms with Crippen LogP contribution in [0.15, 0.2) is 71.2 Å². The standard InChI is InChI=1S/C25H25BrN2O/c1-17(2)21-13-8-18(3)16-24(21)29-15-14-28-23-7-5-4-6-22(23)27-25(28)19-9-11-20(26)12-10-19/h4-13,16-17H,14-15H2,1-3H3. The summed E-state index contributed by atoms with van der Waals surface area (Å²) in [4.78, 5) is 4.89. The molecule has 4 aromatic rings. The third kappa shape index (κ3) is 4.23. The van der Waals surface area contributed by atoms with Gasteiger partial charge in [-0.3, -0.25) is 0 Å². The molecule has 0 spiro atoms. The van der Waals surface area contributed by atoms with E-state index in [1.807, 2.05) is 6.07 Å². The van der Waals surface area contributed by atoms with Crippen LogP contribution in [0.3, 0.4) is 0 Å². The van der Waals surface area contributed by atoms with Crippen molar-refractivity contribution in [1.82, 2.24) is 9.55 Å². The topological polar surface area (TPSA) is 27.1 Å². The molecule has 0 bridgehead atoms. The predicted molar refractivity (Wildman–Crippen MR) is 124 cm³/mol. The number of nitrogens with zero attached hydrogens (tertiary/aromatic N) is 2. The molecular formula is C25H25BrN2O. The maximum atomic E-state index is 6.26. The Kier molecular flexibility index (Phi) is 5.72. The highest BCUT2D eigenvalue weighted by Gasteiger charge is 2.13. The molecule has 0 amide bonds. The molecule has 0 saturated heterocycles. The number of benzene rings is 3. The molecule has 148 valence electrons. The Balaban J connectivity index is 1.64. The van der Waals surface area contributed by atoms with E-state index in [4.69, 9.17) is 9.72 Å². The van der Waals surface area contributed by atoms with Crippen molar-refractivity contribution < 1.29 is 4.74 Å². The lowest BCUT2D eigenvalue weighted by molar-refractivity contribution is 0.296. The normalized spacial score (nSPS) is 11.3. The largest absolute Gasteiger partial charge is 0.491 e. The highest BCUT2D eigenvalue weighted by Crippen LogP contribution is 2.29. The van der Waals surface area contributed by atoms with Gasteiger partial charge in [0.1, 0.15) is 18.2 Å². The number of ether oxygens (including phenoxy) is 1. The summed E-state index contributed by atoms with van der Waals surface area (Å²) in [7, 11) is 0. The molecule has 0 aliphatic carbocycles. The van der Waals surface area contributed by atoms with Crippen LogP contribution in [-0.2, 0) is 6.54 Å². The van der Waals surface area contributed by atoms with Gasteiger partial charge >= 0.3 is 0 Å². The second kappa shape index (κ2) is 8.42. The van der Waals surface area contributed by atoms with Crippen molar-refractivity contribution in [2.24, 2.45) is 0 Å². The molecule has 0 aliphatic heterocycles. The maximum Gasteiger partial charge on any atom is 0.141 e. The van der Waals surface area contributed by atoms with Crippen molar-refractivity contribution in [2.45, 2.75) is 33.2 Å². The first-order valence-corrected chi connectivity index (χ1v) is 10.8. The first kappa shape index (κ1) is 19.7. The van der Waals surface area contributed by atoms with E-state index in [0.29, 0.717) is 12.5 Å². The fourth-order valence-corrected chi connectivity index (χ4v) is 3.88. The lowest BCUT2D eigenvalue weighted by Crippen LogP contribution is -2.10. The second-order valence-electron chi connectivity index (χ2n) is 7.63. The average Bonchev–Trinajstić information content (AvgIpc) is 3.07. The second-order valence-corrected chi connectivity index (χ2v) is 8.54. The quantitative estimate of drug-likeness (QED) is 0.318. The van der Waals surface area contributed by atoms with Gasteiger partial charge in [-0.05, 0) is 54.3 Å². The van der Waals surface area contributed by atoms with E-state index in [-0.39, 0.29) is 0 Å². The summed E-state index contributed by atoms with van der Waals surface area (Å²) in [6, 6.07) is 23.0. The number of aryl methyl sites for hydroxylation is 1. The fraction of sp³-hybridized carbons (Fsp3) is 0.240. The molecule has 4 heteroatoms. The van der Waals surface area contributed by atoms with Crippen LogP contribution in [-0.4, -0.2) is 16.2 Å². The maximum absolute atomic E-state index is 6.26. The Morgan fingerprint density at radius 2 is 1.76 bits per heavy atom. The first-order chi connectivity index (χ1) is 14.0. The van der Waals surface area contributed by atoms with Crippen LogP contribution in [0.5, 0.6) is 5.75 Å². The monoisotopic (exact) mass is 448 g/mol. The molecule has 0 unspecified atom stereocenters. The van der Waals surface area contributed by atoms with Crippen molar-refractivity contribution in [3.63, 3.8) is 0 Å². The van der Waals surface area contributed by atoms with Gasteiger partial charge in [-0.2, -0.15) is 0 Å². The first-order valence-electron chi connectivity index (χ1n) is 9.97. The number of hydrogen-bond donors (Lipinski definition) is 0. The molecule has 0 aliphatic rings. The van der Waals surface area contributed by atoms with E-state index < -0.39 is 0 Å². The van der Waals surface area contributed by atoms with Gasteiger partial charge in [-0.1, -0.05) is 66.2 Å². The van der Waals surface area contributed by atoms with Gasteiger partial charge in [-0.25, -0.2) is 4.98 Å². The summed E-state index contributed by atoms with van der Waals surface area (Å²) in [5, 5.41) is 0. The molecule has 0 atom stereocenters. The van der Waals surface area contributed by atoms with Gasteiger partial charge in [0.2, 0.25) is 0 Å². The minimum absolute atomic E-state index is 0.429. The fourth-order valence-electron chi connectivity index (χ4n) is 3.61. The lowest BCUT2D eigenvalue weighted by Gasteiger charge is -2.16. The smallest absolute Gasteiger partial charge is 0.141 e. The summed E-state index contributed by atoms with van der Waals surface area (Å²) in [5.41, 5.74) is 5.70. The molecule has 1 aromatic heterocycles. The summed E-state index contributed by atoms with van der Waals surface area (Å²) in [6.45, 7) is 7.83. The molecule has 1 heterocycles. The van der Waals surface area contributed by atoms with Crippen molar-refractivity contribution in [3.05, 3.63) is 82.3 Å². The zero-order chi connectivity index (χ0) is 20.4. The van der Waals surface area contributed by atoms with Gasteiger partial charge < -0.3 is 9.30 Å². The molecule has 3 aromatic carbocycles. The van der Waals surface area contributed by atoms with Crippen LogP contribution < -0.4 is 4.74 Å². The Hall–Kier alpha value is -2.59. The zero-order valence-corrected chi connectivity index (χ0v) is 18.6. The minimum Gasteiger partial charge on any atom is -0.491 e. The molecule has 0 saturated carbocycles. The van der Waals surface area contributed by atoms with Gasteiger partial charge in [-0.15, -0.1) is 0 Å². The average molecular weight is 449 g/mol. The van der Waals surface area contributed by atoms with Crippen LogP contribution >= 0.6 is 15.9 Å². The van der Waals surface area contributed by atoms with Gasteiger partial charge in [0.05, 0.1) is 17.6 Å². The van der Waals surface area contributed by atoms with Crippen molar-refractivity contribution in [2.75, 3.05) is 6.61 Å². The zero-order valence-electron chi connectivity index (χ0n) is 17.0. The lowest BCUT2D eigenvalue weighted by atomic mass is 10.0. The van der Waals surface area contributed by atoms with Crippen molar-refractivity contribution >= 4 is 27.0 Å². The third-order valence-electron chi connectivity index (χ3n) is 5.12. The Bertz CT molecular complexity index is 1130. The van der Waals surface area contributed by atoms with E-state index in [1.165, 1.54) is 11.1 Å². The molecule has 0 N–H and O–H groups in total. The number of hydrogen-bond acceptors (Lipinski definition) is 2. The number of rotatable bonds is 6. The predicted octanol–water partition coefficient (Wildman–Crippen LogP) is 6.98. The van der Waals surface area contributed by atoms with E-state index in [9.17, 15) is 0 Å². The minimum atomic E-state index is 0.429.